The molecule has 2 rings (SSSR count). The molecule has 0 atom stereocenters. The molecule has 1 heterocycles. The zero-order valence-electron chi connectivity index (χ0n) is 8.49. The summed E-state index contributed by atoms with van der Waals surface area (Å²) in [6.45, 7) is 1.08. The first kappa shape index (κ1) is 9.31. The highest BCUT2D eigenvalue weighted by Crippen LogP contribution is 2.26. The minimum absolute atomic E-state index is 0.670. The quantitative estimate of drug-likeness (QED) is 0.794. The molecule has 1 aliphatic carbocycles. The van der Waals surface area contributed by atoms with Gasteiger partial charge in [-0.1, -0.05) is 6.42 Å². The van der Waals surface area contributed by atoms with Gasteiger partial charge < -0.3 is 10.1 Å². The molecule has 0 saturated heterocycles. The highest BCUT2D eigenvalue weighted by molar-refractivity contribution is 5.44. The van der Waals surface area contributed by atoms with Crippen LogP contribution in [0.25, 0.3) is 0 Å². The molecule has 1 aromatic heterocycles. The molecule has 0 spiro atoms. The van der Waals surface area contributed by atoms with Crippen LogP contribution in [0.15, 0.2) is 18.3 Å². The maximum atomic E-state index is 5.05. The van der Waals surface area contributed by atoms with Crippen LogP contribution in [0.3, 0.4) is 0 Å². The van der Waals surface area contributed by atoms with Crippen LogP contribution in [0.5, 0.6) is 5.88 Å². The third-order valence-electron chi connectivity index (χ3n) is 2.76. The fourth-order valence-corrected chi connectivity index (χ4v) is 1.59. The average Bonchev–Trinajstić information content (AvgIpc) is 2.16. The summed E-state index contributed by atoms with van der Waals surface area (Å²) in [5.74, 6) is 1.54. The Balaban J connectivity index is 1.87. The van der Waals surface area contributed by atoms with Gasteiger partial charge in [0.05, 0.1) is 7.11 Å². The van der Waals surface area contributed by atoms with Gasteiger partial charge in [0.15, 0.2) is 0 Å². The van der Waals surface area contributed by atoms with Crippen molar-refractivity contribution in [2.45, 2.75) is 19.3 Å². The lowest BCUT2D eigenvalue weighted by atomic mass is 9.85. The van der Waals surface area contributed by atoms with Crippen LogP contribution in [-0.2, 0) is 0 Å². The van der Waals surface area contributed by atoms with Gasteiger partial charge in [-0.2, -0.15) is 0 Å². The molecule has 76 valence electrons. The molecule has 1 fully saturated rings. The topological polar surface area (TPSA) is 34.1 Å². The highest BCUT2D eigenvalue weighted by Gasteiger charge is 2.16. The van der Waals surface area contributed by atoms with E-state index < -0.39 is 0 Å². The molecule has 0 unspecified atom stereocenters. The van der Waals surface area contributed by atoms with Crippen molar-refractivity contribution in [2.75, 3.05) is 19.0 Å². The molecule has 14 heavy (non-hydrogen) atoms. The van der Waals surface area contributed by atoms with Gasteiger partial charge in [-0.3, -0.25) is 0 Å². The summed E-state index contributed by atoms with van der Waals surface area (Å²) in [7, 11) is 1.64. The second-order valence-corrected chi connectivity index (χ2v) is 3.76. The number of ether oxygens (including phenoxy) is 1. The van der Waals surface area contributed by atoms with Crippen molar-refractivity contribution in [1.82, 2.24) is 4.98 Å². The van der Waals surface area contributed by atoms with Crippen LogP contribution >= 0.6 is 0 Å². The van der Waals surface area contributed by atoms with E-state index in [9.17, 15) is 0 Å². The second-order valence-electron chi connectivity index (χ2n) is 3.76. The maximum absolute atomic E-state index is 5.05. The first-order chi connectivity index (χ1) is 6.88. The monoisotopic (exact) mass is 192 g/mol. The Morgan fingerprint density at radius 3 is 3.07 bits per heavy atom. The molecule has 1 aromatic rings. The molecule has 0 radical (unpaired) electrons. The van der Waals surface area contributed by atoms with Gasteiger partial charge in [0, 0.05) is 24.5 Å². The standard InChI is InChI=1S/C11H16N2O/c1-14-11-7-10(5-6-12-11)13-8-9-3-2-4-9/h5-7,9H,2-4,8H2,1H3,(H,12,13). The molecule has 3 heteroatoms. The zero-order chi connectivity index (χ0) is 9.80. The molecule has 1 aliphatic rings. The van der Waals surface area contributed by atoms with Gasteiger partial charge in [0.1, 0.15) is 0 Å². The van der Waals surface area contributed by atoms with Crippen LogP contribution in [-0.4, -0.2) is 18.6 Å². The van der Waals surface area contributed by atoms with Crippen LogP contribution in [0.1, 0.15) is 19.3 Å². The van der Waals surface area contributed by atoms with Crippen molar-refractivity contribution in [2.24, 2.45) is 5.92 Å². The minimum Gasteiger partial charge on any atom is -0.481 e. The molecule has 0 bridgehead atoms. The number of methoxy groups -OCH3 is 1. The van der Waals surface area contributed by atoms with Gasteiger partial charge in [-0.15, -0.1) is 0 Å². The molecule has 1 N–H and O–H groups in total. The van der Waals surface area contributed by atoms with Gasteiger partial charge in [-0.05, 0) is 24.8 Å². The van der Waals surface area contributed by atoms with Gasteiger partial charge in [-0.25, -0.2) is 4.98 Å². The first-order valence-corrected chi connectivity index (χ1v) is 5.12. The van der Waals surface area contributed by atoms with Crippen molar-refractivity contribution in [3.05, 3.63) is 18.3 Å². The lowest BCUT2D eigenvalue weighted by Crippen LogP contribution is -2.20. The summed E-state index contributed by atoms with van der Waals surface area (Å²) in [6, 6.07) is 3.90. The molecule has 0 amide bonds. The smallest absolute Gasteiger partial charge is 0.214 e. The van der Waals surface area contributed by atoms with E-state index >= 15 is 0 Å². The van der Waals surface area contributed by atoms with Gasteiger partial charge in [0.2, 0.25) is 5.88 Å². The SMILES string of the molecule is COc1cc(NCC2CCC2)ccn1. The van der Waals surface area contributed by atoms with E-state index in [2.05, 4.69) is 10.3 Å². The van der Waals surface area contributed by atoms with Crippen molar-refractivity contribution in [3.63, 3.8) is 0 Å². The van der Waals surface area contributed by atoms with Gasteiger partial charge in [0.25, 0.3) is 0 Å². The third kappa shape index (κ3) is 2.16. The number of pyridine rings is 1. The molecular formula is C11H16N2O. The number of hydrogen-bond donors (Lipinski definition) is 1. The number of hydrogen-bond acceptors (Lipinski definition) is 3. The molecular weight excluding hydrogens is 176 g/mol. The van der Waals surface area contributed by atoms with Crippen molar-refractivity contribution in [1.29, 1.82) is 0 Å². The van der Waals surface area contributed by atoms with Crippen LogP contribution in [0.4, 0.5) is 5.69 Å². The summed E-state index contributed by atoms with van der Waals surface area (Å²) in [5.41, 5.74) is 1.10. The fraction of sp³-hybridized carbons (Fsp3) is 0.545. The Morgan fingerprint density at radius 2 is 2.43 bits per heavy atom. The van der Waals surface area contributed by atoms with Crippen LogP contribution in [0.2, 0.25) is 0 Å². The molecule has 1 saturated carbocycles. The van der Waals surface area contributed by atoms with Crippen molar-refractivity contribution >= 4 is 5.69 Å². The van der Waals surface area contributed by atoms with E-state index in [1.165, 1.54) is 19.3 Å². The van der Waals surface area contributed by atoms with Crippen molar-refractivity contribution < 1.29 is 4.74 Å². The summed E-state index contributed by atoms with van der Waals surface area (Å²) < 4.78 is 5.05. The van der Waals surface area contributed by atoms with E-state index in [0.717, 1.165) is 18.2 Å². The number of anilines is 1. The summed E-state index contributed by atoms with van der Waals surface area (Å²) in [4.78, 5) is 4.06. The van der Waals surface area contributed by atoms with E-state index in [-0.39, 0.29) is 0 Å². The van der Waals surface area contributed by atoms with E-state index in [1.54, 1.807) is 13.3 Å². The number of nitrogens with zero attached hydrogens (tertiary/aromatic N) is 1. The normalized spacial score (nSPS) is 16.1. The maximum Gasteiger partial charge on any atom is 0.214 e. The third-order valence-corrected chi connectivity index (χ3v) is 2.76. The summed E-state index contributed by atoms with van der Waals surface area (Å²) in [5, 5.41) is 3.40. The predicted octanol–water partition coefficient (Wildman–Crippen LogP) is 2.30. The second kappa shape index (κ2) is 4.31. The van der Waals surface area contributed by atoms with E-state index in [4.69, 9.17) is 4.74 Å². The van der Waals surface area contributed by atoms with Gasteiger partial charge >= 0.3 is 0 Å². The molecule has 3 nitrogen and oxygen atoms in total. The average molecular weight is 192 g/mol. The Hall–Kier alpha value is -1.25. The lowest BCUT2D eigenvalue weighted by Gasteiger charge is -2.25. The van der Waals surface area contributed by atoms with E-state index in [0.29, 0.717) is 5.88 Å². The first-order valence-electron chi connectivity index (χ1n) is 5.12. The Labute approximate surface area is 84.5 Å². The lowest BCUT2D eigenvalue weighted by molar-refractivity contribution is 0.333. The fourth-order valence-electron chi connectivity index (χ4n) is 1.59. The Kier molecular flexibility index (Phi) is 2.87. The Morgan fingerprint density at radius 1 is 1.57 bits per heavy atom. The number of rotatable bonds is 4. The number of aromatic nitrogens is 1. The van der Waals surface area contributed by atoms with Crippen LogP contribution < -0.4 is 10.1 Å². The minimum atomic E-state index is 0.670. The molecule has 0 aromatic carbocycles. The zero-order valence-corrected chi connectivity index (χ0v) is 8.49. The largest absolute Gasteiger partial charge is 0.481 e. The summed E-state index contributed by atoms with van der Waals surface area (Å²) in [6.07, 6.45) is 5.90. The highest BCUT2D eigenvalue weighted by atomic mass is 16.5. The van der Waals surface area contributed by atoms with Crippen molar-refractivity contribution in [3.8, 4) is 5.88 Å². The predicted molar refractivity (Wildman–Crippen MR) is 56.6 cm³/mol. The van der Waals surface area contributed by atoms with Crippen LogP contribution in [0, 0.1) is 5.92 Å². The van der Waals surface area contributed by atoms with E-state index in [1.807, 2.05) is 12.1 Å². The number of nitrogens with one attached hydrogen (secondary N) is 1. The summed E-state index contributed by atoms with van der Waals surface area (Å²) >= 11 is 0. The molecule has 0 aliphatic heterocycles. The Bertz CT molecular complexity index is 297.